The number of aryl methyl sites for hydroxylation is 1. The Hall–Kier alpha value is -2.63. The van der Waals surface area contributed by atoms with Crippen LogP contribution in [0, 0.1) is 6.92 Å². The zero-order valence-electron chi connectivity index (χ0n) is 13.6. The average Bonchev–Trinajstić information content (AvgIpc) is 2.94. The van der Waals surface area contributed by atoms with Gasteiger partial charge in [-0.25, -0.2) is 0 Å². The molecule has 6 nitrogen and oxygen atoms in total. The third-order valence-corrected chi connectivity index (χ3v) is 5.20. The number of anilines is 1. The number of fused-ring (bicyclic) bond motifs is 2. The molecule has 3 aromatic rings. The van der Waals surface area contributed by atoms with Crippen molar-refractivity contribution in [3.05, 3.63) is 47.8 Å². The van der Waals surface area contributed by atoms with Crippen molar-refractivity contribution in [3.63, 3.8) is 0 Å². The number of benzene rings is 1. The standard InChI is InChI=1S/C18H19N5O/c1-12-20-21-17-8-7-16(22-23(12)17)19-14-11-18(9-4-10-18)24-15-6-3-2-5-13(14)15/h2-3,5-8,14H,4,9-11H2,1H3,(H,19,22). The molecule has 6 heteroatoms. The van der Waals surface area contributed by atoms with Crippen LogP contribution in [0.4, 0.5) is 5.82 Å². The molecule has 0 saturated heterocycles. The molecule has 1 unspecified atom stereocenters. The maximum absolute atomic E-state index is 6.31. The summed E-state index contributed by atoms with van der Waals surface area (Å²) in [7, 11) is 0. The van der Waals surface area contributed by atoms with E-state index in [4.69, 9.17) is 4.74 Å². The van der Waals surface area contributed by atoms with Crippen LogP contribution in [0.1, 0.15) is 43.1 Å². The summed E-state index contributed by atoms with van der Waals surface area (Å²) in [5.41, 5.74) is 1.97. The molecule has 24 heavy (non-hydrogen) atoms. The number of hydrogen-bond donors (Lipinski definition) is 1. The molecule has 0 amide bonds. The van der Waals surface area contributed by atoms with Crippen molar-refractivity contribution in [1.82, 2.24) is 19.8 Å². The minimum Gasteiger partial charge on any atom is -0.487 e. The van der Waals surface area contributed by atoms with Crippen LogP contribution in [0.3, 0.4) is 0 Å². The van der Waals surface area contributed by atoms with E-state index in [2.05, 4.69) is 38.8 Å². The van der Waals surface area contributed by atoms with E-state index in [0.717, 1.165) is 42.3 Å². The first-order chi connectivity index (χ1) is 11.7. The van der Waals surface area contributed by atoms with Gasteiger partial charge in [-0.2, -0.15) is 4.52 Å². The Balaban J connectivity index is 1.51. The molecule has 1 fully saturated rings. The SMILES string of the molecule is Cc1nnc2ccc(NC3CC4(CCC4)Oc4ccccc43)nn12. The van der Waals surface area contributed by atoms with Crippen LogP contribution in [0.15, 0.2) is 36.4 Å². The first-order valence-corrected chi connectivity index (χ1v) is 8.46. The lowest BCUT2D eigenvalue weighted by Crippen LogP contribution is -2.48. The molecule has 1 aliphatic carbocycles. The normalized spacial score (nSPS) is 21.1. The van der Waals surface area contributed by atoms with Gasteiger partial charge < -0.3 is 10.1 Å². The van der Waals surface area contributed by atoms with E-state index >= 15 is 0 Å². The Morgan fingerprint density at radius 2 is 2.04 bits per heavy atom. The highest BCUT2D eigenvalue weighted by Gasteiger charge is 2.45. The Morgan fingerprint density at radius 3 is 2.88 bits per heavy atom. The topological polar surface area (TPSA) is 64.3 Å². The summed E-state index contributed by atoms with van der Waals surface area (Å²) in [6, 6.07) is 12.4. The van der Waals surface area contributed by atoms with Gasteiger partial charge in [0, 0.05) is 12.0 Å². The summed E-state index contributed by atoms with van der Waals surface area (Å²) >= 11 is 0. The van der Waals surface area contributed by atoms with Gasteiger partial charge in [-0.3, -0.25) is 0 Å². The van der Waals surface area contributed by atoms with Gasteiger partial charge in [-0.05, 0) is 44.4 Å². The zero-order valence-corrected chi connectivity index (χ0v) is 13.6. The highest BCUT2D eigenvalue weighted by molar-refractivity contribution is 5.48. The number of aromatic nitrogens is 4. The predicted octanol–water partition coefficient (Wildman–Crippen LogP) is 3.29. The van der Waals surface area contributed by atoms with Gasteiger partial charge in [-0.1, -0.05) is 18.2 Å². The van der Waals surface area contributed by atoms with Crippen LogP contribution in [0.25, 0.3) is 5.65 Å². The van der Waals surface area contributed by atoms with Gasteiger partial charge in [-0.15, -0.1) is 15.3 Å². The molecule has 122 valence electrons. The van der Waals surface area contributed by atoms with Crippen LogP contribution >= 0.6 is 0 Å². The van der Waals surface area contributed by atoms with E-state index in [-0.39, 0.29) is 11.6 Å². The average molecular weight is 321 g/mol. The molecule has 1 N–H and O–H groups in total. The Labute approximate surface area is 139 Å². The van der Waals surface area contributed by atoms with Gasteiger partial charge in [0.15, 0.2) is 11.5 Å². The van der Waals surface area contributed by atoms with Gasteiger partial charge >= 0.3 is 0 Å². The van der Waals surface area contributed by atoms with Crippen LogP contribution in [0.2, 0.25) is 0 Å². The quantitative estimate of drug-likeness (QED) is 0.784. The number of para-hydroxylation sites is 1. The largest absolute Gasteiger partial charge is 0.487 e. The number of rotatable bonds is 2. The summed E-state index contributed by atoms with van der Waals surface area (Å²) in [5, 5.41) is 16.4. The molecular weight excluding hydrogens is 302 g/mol. The number of hydrogen-bond acceptors (Lipinski definition) is 5. The van der Waals surface area contributed by atoms with Crippen molar-refractivity contribution in [3.8, 4) is 5.75 Å². The number of ether oxygens (including phenoxy) is 1. The molecule has 1 atom stereocenters. The third kappa shape index (κ3) is 2.06. The van der Waals surface area contributed by atoms with Crippen molar-refractivity contribution in [2.75, 3.05) is 5.32 Å². The minimum absolute atomic E-state index is 0.00258. The van der Waals surface area contributed by atoms with Gasteiger partial charge in [0.1, 0.15) is 17.2 Å². The monoisotopic (exact) mass is 321 g/mol. The molecule has 1 aliphatic heterocycles. The van der Waals surface area contributed by atoms with Crippen LogP contribution in [-0.2, 0) is 0 Å². The molecular formula is C18H19N5O. The second-order valence-corrected chi connectivity index (χ2v) is 6.81. The first kappa shape index (κ1) is 13.8. The van der Waals surface area contributed by atoms with Crippen molar-refractivity contribution < 1.29 is 4.74 Å². The summed E-state index contributed by atoms with van der Waals surface area (Å²) in [6.07, 6.45) is 4.50. The predicted molar refractivity (Wildman–Crippen MR) is 90.2 cm³/mol. The van der Waals surface area contributed by atoms with Crippen LogP contribution in [0.5, 0.6) is 5.75 Å². The molecule has 0 radical (unpaired) electrons. The molecule has 2 aliphatic rings. The van der Waals surface area contributed by atoms with Gasteiger partial charge in [0.2, 0.25) is 0 Å². The van der Waals surface area contributed by atoms with E-state index in [9.17, 15) is 0 Å². The Kier molecular flexibility index (Phi) is 2.83. The fraction of sp³-hybridized carbons (Fsp3) is 0.389. The van der Waals surface area contributed by atoms with E-state index in [1.807, 2.05) is 25.1 Å². The molecule has 1 aromatic carbocycles. The van der Waals surface area contributed by atoms with Crippen molar-refractivity contribution >= 4 is 11.5 Å². The third-order valence-electron chi connectivity index (χ3n) is 5.20. The highest BCUT2D eigenvalue weighted by Crippen LogP contribution is 2.49. The fourth-order valence-corrected chi connectivity index (χ4v) is 3.78. The first-order valence-electron chi connectivity index (χ1n) is 8.46. The minimum atomic E-state index is 0.00258. The van der Waals surface area contributed by atoms with Gasteiger partial charge in [0.05, 0.1) is 6.04 Å². The molecule has 2 aromatic heterocycles. The summed E-state index contributed by atoms with van der Waals surface area (Å²) in [6.45, 7) is 1.91. The van der Waals surface area contributed by atoms with Crippen molar-refractivity contribution in [2.24, 2.45) is 0 Å². The second-order valence-electron chi connectivity index (χ2n) is 6.81. The maximum Gasteiger partial charge on any atom is 0.178 e. The van der Waals surface area contributed by atoms with E-state index < -0.39 is 0 Å². The molecule has 5 rings (SSSR count). The molecule has 3 heterocycles. The zero-order chi connectivity index (χ0) is 16.1. The van der Waals surface area contributed by atoms with Gasteiger partial charge in [0.25, 0.3) is 0 Å². The molecule has 1 spiro atoms. The number of nitrogens with one attached hydrogen (secondary N) is 1. The molecule has 1 saturated carbocycles. The summed E-state index contributed by atoms with van der Waals surface area (Å²) in [5.74, 6) is 2.63. The summed E-state index contributed by atoms with van der Waals surface area (Å²) < 4.78 is 8.09. The summed E-state index contributed by atoms with van der Waals surface area (Å²) in [4.78, 5) is 0. The van der Waals surface area contributed by atoms with E-state index in [1.165, 1.54) is 12.0 Å². The van der Waals surface area contributed by atoms with Crippen LogP contribution < -0.4 is 10.1 Å². The molecule has 0 bridgehead atoms. The van der Waals surface area contributed by atoms with Crippen LogP contribution in [-0.4, -0.2) is 25.4 Å². The Bertz CT molecular complexity index is 915. The lowest BCUT2D eigenvalue weighted by Gasteiger charge is -2.48. The smallest absolute Gasteiger partial charge is 0.178 e. The highest BCUT2D eigenvalue weighted by atomic mass is 16.5. The fourth-order valence-electron chi connectivity index (χ4n) is 3.78. The van der Waals surface area contributed by atoms with E-state index in [1.54, 1.807) is 4.52 Å². The Morgan fingerprint density at radius 1 is 1.17 bits per heavy atom. The maximum atomic E-state index is 6.31. The van der Waals surface area contributed by atoms with Crippen molar-refractivity contribution in [1.29, 1.82) is 0 Å². The lowest BCUT2D eigenvalue weighted by molar-refractivity contribution is -0.0309. The number of nitrogens with zero attached hydrogens (tertiary/aromatic N) is 4. The van der Waals surface area contributed by atoms with Crippen molar-refractivity contribution in [2.45, 2.75) is 44.2 Å². The second kappa shape index (κ2) is 4.93. The van der Waals surface area contributed by atoms with E-state index in [0.29, 0.717) is 0 Å². The lowest BCUT2D eigenvalue weighted by atomic mass is 9.73.